The summed E-state index contributed by atoms with van der Waals surface area (Å²) >= 11 is 0. The molecule has 82 valence electrons. The van der Waals surface area contributed by atoms with Crippen molar-refractivity contribution in [3.63, 3.8) is 0 Å². The maximum Gasteiger partial charge on any atom is 0.115 e. The van der Waals surface area contributed by atoms with E-state index in [9.17, 15) is 0 Å². The van der Waals surface area contributed by atoms with Crippen molar-refractivity contribution in [1.29, 1.82) is 0 Å². The minimum absolute atomic E-state index is 0.903. The monoisotopic (exact) mass is 207 g/mol. The van der Waals surface area contributed by atoms with Crippen LogP contribution in [0.5, 0.6) is 0 Å². The Morgan fingerprint density at radius 3 is 3.00 bits per heavy atom. The van der Waals surface area contributed by atoms with Gasteiger partial charge in [-0.25, -0.2) is 9.97 Å². The Bertz CT molecular complexity index is 308. The number of anilines is 1. The summed E-state index contributed by atoms with van der Waals surface area (Å²) in [6.07, 6.45) is 3.43. The fraction of sp³-hybridized carbons (Fsp3) is 0.600. The molecule has 2 heterocycles. The van der Waals surface area contributed by atoms with Gasteiger partial charge in [-0.15, -0.1) is 0 Å². The predicted octanol–water partition coefficient (Wildman–Crippen LogP) is -0.0765. The van der Waals surface area contributed by atoms with Gasteiger partial charge in [0, 0.05) is 39.8 Å². The van der Waals surface area contributed by atoms with Crippen LogP contribution in [0.2, 0.25) is 0 Å². The number of aromatic nitrogens is 2. The van der Waals surface area contributed by atoms with E-state index in [1.807, 2.05) is 13.2 Å². The summed E-state index contributed by atoms with van der Waals surface area (Å²) < 4.78 is 0. The minimum atomic E-state index is 0.903. The zero-order valence-corrected chi connectivity index (χ0v) is 9.03. The van der Waals surface area contributed by atoms with Crippen molar-refractivity contribution < 1.29 is 0 Å². The van der Waals surface area contributed by atoms with E-state index in [0.29, 0.717) is 0 Å². The smallest absolute Gasteiger partial charge is 0.115 e. The largest absolute Gasteiger partial charge is 0.385 e. The minimum Gasteiger partial charge on any atom is -0.385 e. The van der Waals surface area contributed by atoms with Crippen molar-refractivity contribution in [3.05, 3.63) is 18.2 Å². The van der Waals surface area contributed by atoms with Gasteiger partial charge in [0.15, 0.2) is 0 Å². The molecule has 1 aliphatic rings. The van der Waals surface area contributed by atoms with Crippen LogP contribution >= 0.6 is 0 Å². The van der Waals surface area contributed by atoms with E-state index in [4.69, 9.17) is 0 Å². The van der Waals surface area contributed by atoms with E-state index < -0.39 is 0 Å². The fourth-order valence-electron chi connectivity index (χ4n) is 1.77. The number of rotatable bonds is 3. The van der Waals surface area contributed by atoms with Crippen LogP contribution in [-0.2, 0) is 6.54 Å². The molecule has 15 heavy (non-hydrogen) atoms. The van der Waals surface area contributed by atoms with Crippen molar-refractivity contribution >= 4 is 5.69 Å². The van der Waals surface area contributed by atoms with Gasteiger partial charge in [-0.05, 0) is 0 Å². The predicted molar refractivity (Wildman–Crippen MR) is 59.7 cm³/mol. The molecule has 1 fully saturated rings. The van der Waals surface area contributed by atoms with Crippen LogP contribution in [-0.4, -0.2) is 48.1 Å². The first-order chi connectivity index (χ1) is 7.40. The van der Waals surface area contributed by atoms with Crippen LogP contribution in [0.25, 0.3) is 0 Å². The summed E-state index contributed by atoms with van der Waals surface area (Å²) in [4.78, 5) is 10.7. The molecule has 2 N–H and O–H groups in total. The first-order valence-corrected chi connectivity index (χ1v) is 5.30. The second kappa shape index (κ2) is 5.04. The van der Waals surface area contributed by atoms with Crippen LogP contribution in [0.15, 0.2) is 12.5 Å². The lowest BCUT2D eigenvalue weighted by Crippen LogP contribution is -2.43. The van der Waals surface area contributed by atoms with E-state index in [1.165, 1.54) is 0 Å². The second-order valence-corrected chi connectivity index (χ2v) is 3.66. The Labute approximate surface area is 89.9 Å². The summed E-state index contributed by atoms with van der Waals surface area (Å²) in [6.45, 7) is 5.22. The molecule has 0 saturated carbocycles. The normalized spacial score (nSPS) is 17.7. The quantitative estimate of drug-likeness (QED) is 0.726. The molecule has 0 bridgehead atoms. The van der Waals surface area contributed by atoms with Gasteiger partial charge in [0.2, 0.25) is 0 Å². The van der Waals surface area contributed by atoms with Gasteiger partial charge in [0.25, 0.3) is 0 Å². The maximum absolute atomic E-state index is 4.31. The van der Waals surface area contributed by atoms with Crippen LogP contribution < -0.4 is 10.6 Å². The average molecular weight is 207 g/mol. The highest BCUT2D eigenvalue weighted by Crippen LogP contribution is 2.12. The van der Waals surface area contributed by atoms with Crippen LogP contribution in [0.1, 0.15) is 5.69 Å². The van der Waals surface area contributed by atoms with Crippen molar-refractivity contribution in [2.75, 3.05) is 38.5 Å². The molecule has 1 saturated heterocycles. The molecule has 0 amide bonds. The number of piperazine rings is 1. The third kappa shape index (κ3) is 2.64. The first-order valence-electron chi connectivity index (χ1n) is 5.30. The molecule has 0 aromatic carbocycles. The van der Waals surface area contributed by atoms with E-state index in [2.05, 4.69) is 25.5 Å². The number of hydrogen-bond donors (Lipinski definition) is 2. The number of nitrogens with zero attached hydrogens (tertiary/aromatic N) is 3. The molecular weight excluding hydrogens is 190 g/mol. The molecule has 5 heteroatoms. The lowest BCUT2D eigenvalue weighted by atomic mass is 10.3. The standard InChI is InChI=1S/C10H17N5/c1-11-9-6-13-8-14-10(9)7-15-4-2-12-3-5-15/h6,8,11-12H,2-5,7H2,1H3. The topological polar surface area (TPSA) is 53.1 Å². The van der Waals surface area contributed by atoms with Gasteiger partial charge in [0.05, 0.1) is 17.6 Å². The molecule has 1 aromatic heterocycles. The zero-order chi connectivity index (χ0) is 10.5. The van der Waals surface area contributed by atoms with E-state index >= 15 is 0 Å². The lowest BCUT2D eigenvalue weighted by Gasteiger charge is -2.27. The third-order valence-electron chi connectivity index (χ3n) is 2.65. The Morgan fingerprint density at radius 1 is 1.47 bits per heavy atom. The van der Waals surface area contributed by atoms with Gasteiger partial charge in [-0.1, -0.05) is 0 Å². The Balaban J connectivity index is 2.02. The summed E-state index contributed by atoms with van der Waals surface area (Å²) in [6, 6.07) is 0. The van der Waals surface area contributed by atoms with Gasteiger partial charge in [-0.2, -0.15) is 0 Å². The van der Waals surface area contributed by atoms with Gasteiger partial charge in [0.1, 0.15) is 6.33 Å². The molecule has 1 aliphatic heterocycles. The highest BCUT2D eigenvalue weighted by molar-refractivity contribution is 5.44. The summed E-state index contributed by atoms with van der Waals surface area (Å²) in [7, 11) is 1.90. The Hall–Kier alpha value is -1.20. The van der Waals surface area contributed by atoms with E-state index in [1.54, 1.807) is 6.33 Å². The molecule has 5 nitrogen and oxygen atoms in total. The molecule has 0 atom stereocenters. The summed E-state index contributed by atoms with van der Waals surface area (Å²) in [5, 5.41) is 6.46. The summed E-state index contributed by atoms with van der Waals surface area (Å²) in [5.41, 5.74) is 2.10. The average Bonchev–Trinajstić information content (AvgIpc) is 2.31. The molecule has 0 aliphatic carbocycles. The zero-order valence-electron chi connectivity index (χ0n) is 9.03. The SMILES string of the molecule is CNc1cncnc1CN1CCNCC1. The van der Waals surface area contributed by atoms with Gasteiger partial charge in [-0.3, -0.25) is 4.90 Å². The Morgan fingerprint density at radius 2 is 2.27 bits per heavy atom. The van der Waals surface area contributed by atoms with Crippen molar-refractivity contribution in [3.8, 4) is 0 Å². The fourth-order valence-corrected chi connectivity index (χ4v) is 1.77. The molecule has 0 spiro atoms. The van der Waals surface area contributed by atoms with Crippen molar-refractivity contribution in [2.45, 2.75) is 6.54 Å². The molecule has 1 aromatic rings. The van der Waals surface area contributed by atoms with E-state index in [0.717, 1.165) is 44.1 Å². The lowest BCUT2D eigenvalue weighted by molar-refractivity contribution is 0.231. The van der Waals surface area contributed by atoms with Crippen LogP contribution in [0.3, 0.4) is 0 Å². The maximum atomic E-state index is 4.31. The van der Waals surface area contributed by atoms with Crippen LogP contribution in [0, 0.1) is 0 Å². The van der Waals surface area contributed by atoms with Gasteiger partial charge >= 0.3 is 0 Å². The molecule has 2 rings (SSSR count). The van der Waals surface area contributed by atoms with Gasteiger partial charge < -0.3 is 10.6 Å². The highest BCUT2D eigenvalue weighted by Gasteiger charge is 2.12. The van der Waals surface area contributed by atoms with Crippen molar-refractivity contribution in [1.82, 2.24) is 20.2 Å². The van der Waals surface area contributed by atoms with Crippen molar-refractivity contribution in [2.24, 2.45) is 0 Å². The number of nitrogens with one attached hydrogen (secondary N) is 2. The molecular formula is C10H17N5. The van der Waals surface area contributed by atoms with Crippen LogP contribution in [0.4, 0.5) is 5.69 Å². The molecule has 0 radical (unpaired) electrons. The van der Waals surface area contributed by atoms with E-state index in [-0.39, 0.29) is 0 Å². The third-order valence-corrected chi connectivity index (χ3v) is 2.65. The Kier molecular flexibility index (Phi) is 3.47. The molecule has 0 unspecified atom stereocenters. The summed E-state index contributed by atoms with van der Waals surface area (Å²) in [5.74, 6) is 0. The second-order valence-electron chi connectivity index (χ2n) is 3.66. The highest BCUT2D eigenvalue weighted by atomic mass is 15.2. The number of hydrogen-bond acceptors (Lipinski definition) is 5. The first kappa shape index (κ1) is 10.3.